The van der Waals surface area contributed by atoms with Crippen LogP contribution in [0.1, 0.15) is 28.8 Å². The third-order valence-electron chi connectivity index (χ3n) is 5.50. The summed E-state index contributed by atoms with van der Waals surface area (Å²) in [6, 6.07) is 28.3. The first kappa shape index (κ1) is 20.3. The second-order valence-corrected chi connectivity index (χ2v) is 8.00. The predicted octanol–water partition coefficient (Wildman–Crippen LogP) is 4.52. The smallest absolute Gasteiger partial charge is 0.240 e. The summed E-state index contributed by atoms with van der Waals surface area (Å²) in [6.45, 7) is 1.73. The number of nitrogens with zero attached hydrogens (tertiary/aromatic N) is 3. The molecule has 1 unspecified atom stereocenters. The van der Waals surface area contributed by atoms with Gasteiger partial charge < -0.3 is 14.0 Å². The summed E-state index contributed by atoms with van der Waals surface area (Å²) in [5.74, 6) is 2.74. The molecule has 32 heavy (non-hydrogen) atoms. The van der Waals surface area contributed by atoms with Crippen molar-refractivity contribution in [3.8, 4) is 11.5 Å². The molecule has 6 nitrogen and oxygen atoms in total. The number of rotatable bonds is 7. The summed E-state index contributed by atoms with van der Waals surface area (Å²) in [4.78, 5) is 6.85. The van der Waals surface area contributed by atoms with Gasteiger partial charge in [-0.3, -0.25) is 4.90 Å². The van der Waals surface area contributed by atoms with Gasteiger partial charge in [-0.2, -0.15) is 4.98 Å². The highest BCUT2D eigenvalue weighted by molar-refractivity contribution is 5.41. The largest absolute Gasteiger partial charge is 0.486 e. The van der Waals surface area contributed by atoms with Gasteiger partial charge >= 0.3 is 0 Å². The highest BCUT2D eigenvalue weighted by Gasteiger charge is 2.25. The molecule has 0 saturated heterocycles. The quantitative estimate of drug-likeness (QED) is 0.432. The van der Waals surface area contributed by atoms with Crippen molar-refractivity contribution in [2.24, 2.45) is 0 Å². The van der Waals surface area contributed by atoms with E-state index in [1.165, 1.54) is 0 Å². The van der Waals surface area contributed by atoms with Gasteiger partial charge in [-0.15, -0.1) is 0 Å². The number of aromatic nitrogens is 2. The van der Waals surface area contributed by atoms with Crippen LogP contribution in [0.5, 0.6) is 11.5 Å². The number of likely N-dealkylation sites (N-methyl/N-ethyl adjacent to an activating group) is 1. The molecule has 0 radical (unpaired) electrons. The molecule has 1 aliphatic rings. The van der Waals surface area contributed by atoms with E-state index in [1.807, 2.05) is 67.7 Å². The molecule has 0 spiro atoms. The zero-order valence-electron chi connectivity index (χ0n) is 17.9. The number of ether oxygens (including phenoxy) is 2. The molecule has 0 saturated carbocycles. The Kier molecular flexibility index (Phi) is 5.85. The van der Waals surface area contributed by atoms with Crippen molar-refractivity contribution in [2.45, 2.75) is 18.6 Å². The first-order chi connectivity index (χ1) is 15.8. The average Bonchev–Trinajstić information content (AvgIpc) is 3.28. The molecule has 0 amide bonds. The summed E-state index contributed by atoms with van der Waals surface area (Å²) in [5, 5.41) is 4.33. The van der Waals surface area contributed by atoms with Crippen molar-refractivity contribution in [1.29, 1.82) is 0 Å². The molecule has 1 aliphatic heterocycles. The van der Waals surface area contributed by atoms with E-state index in [2.05, 4.69) is 34.3 Å². The molecular weight excluding hydrogens is 402 g/mol. The number of hydrogen-bond acceptors (Lipinski definition) is 6. The zero-order chi connectivity index (χ0) is 21.8. The van der Waals surface area contributed by atoms with Crippen LogP contribution in [0.15, 0.2) is 89.5 Å². The van der Waals surface area contributed by atoms with Gasteiger partial charge in [0.05, 0.1) is 12.5 Å². The van der Waals surface area contributed by atoms with Crippen molar-refractivity contribution in [3.63, 3.8) is 0 Å². The molecular formula is C26H25N3O3. The first-order valence-electron chi connectivity index (χ1n) is 10.8. The van der Waals surface area contributed by atoms with E-state index in [1.54, 1.807) is 0 Å². The Morgan fingerprint density at radius 1 is 0.875 bits per heavy atom. The maximum atomic E-state index is 6.07. The Hall–Kier alpha value is -3.64. The zero-order valence-corrected chi connectivity index (χ0v) is 17.9. The third-order valence-corrected chi connectivity index (χ3v) is 5.50. The second kappa shape index (κ2) is 9.24. The van der Waals surface area contributed by atoms with Gasteiger partial charge in [0.2, 0.25) is 5.89 Å². The number of benzene rings is 3. The van der Waals surface area contributed by atoms with Crippen molar-refractivity contribution >= 4 is 0 Å². The number of hydrogen-bond donors (Lipinski definition) is 0. The fourth-order valence-electron chi connectivity index (χ4n) is 4.03. The van der Waals surface area contributed by atoms with Crippen molar-refractivity contribution in [1.82, 2.24) is 15.0 Å². The molecule has 0 bridgehead atoms. The van der Waals surface area contributed by atoms with E-state index in [4.69, 9.17) is 19.0 Å². The summed E-state index contributed by atoms with van der Waals surface area (Å²) in [7, 11) is 2.01. The molecule has 4 aromatic rings. The van der Waals surface area contributed by atoms with Gasteiger partial charge in [0.1, 0.15) is 12.7 Å². The molecule has 0 N–H and O–H groups in total. The van der Waals surface area contributed by atoms with Crippen LogP contribution in [0.25, 0.3) is 0 Å². The second-order valence-electron chi connectivity index (χ2n) is 8.00. The molecule has 6 heteroatoms. The minimum Gasteiger partial charge on any atom is -0.486 e. The molecule has 2 heterocycles. The minimum absolute atomic E-state index is 0.0568. The van der Waals surface area contributed by atoms with Crippen molar-refractivity contribution in [3.05, 3.63) is 108 Å². The third kappa shape index (κ3) is 4.50. The molecule has 1 atom stereocenters. The topological polar surface area (TPSA) is 60.6 Å². The first-order valence-corrected chi connectivity index (χ1v) is 10.8. The van der Waals surface area contributed by atoms with Gasteiger partial charge in [-0.05, 0) is 30.3 Å². The lowest BCUT2D eigenvalue weighted by Crippen LogP contribution is -2.39. The molecule has 162 valence electrons. The Balaban J connectivity index is 1.28. The van der Waals surface area contributed by atoms with Gasteiger partial charge in [-0.1, -0.05) is 78.0 Å². The van der Waals surface area contributed by atoms with Gasteiger partial charge in [0, 0.05) is 6.54 Å². The highest BCUT2D eigenvalue weighted by atomic mass is 16.6. The van der Waals surface area contributed by atoms with E-state index in [0.29, 0.717) is 31.4 Å². The standard InChI is InChI=1S/C26H25N3O3/c1-29(16-21-18-30-22-14-8-9-15-23(22)31-21)17-24-27-26(28-32-24)25(19-10-4-2-5-11-19)20-12-6-3-7-13-20/h2-15,21,25H,16-18H2,1H3. The van der Waals surface area contributed by atoms with Crippen LogP contribution in [-0.4, -0.2) is 41.3 Å². The van der Waals surface area contributed by atoms with Crippen LogP contribution >= 0.6 is 0 Å². The van der Waals surface area contributed by atoms with Gasteiger partial charge in [0.25, 0.3) is 0 Å². The van der Waals surface area contributed by atoms with Crippen LogP contribution in [0, 0.1) is 0 Å². The normalized spacial score (nSPS) is 15.3. The molecule has 1 aromatic heterocycles. The highest BCUT2D eigenvalue weighted by Crippen LogP contribution is 2.32. The number of fused-ring (bicyclic) bond motifs is 1. The lowest BCUT2D eigenvalue weighted by Gasteiger charge is -2.29. The summed E-state index contributed by atoms with van der Waals surface area (Å²) in [5.41, 5.74) is 2.26. The predicted molar refractivity (Wildman–Crippen MR) is 121 cm³/mol. The Morgan fingerprint density at radius 2 is 1.50 bits per heavy atom. The van der Waals surface area contributed by atoms with E-state index in [0.717, 1.165) is 22.6 Å². The Morgan fingerprint density at radius 3 is 2.19 bits per heavy atom. The SMILES string of the molecule is CN(Cc1nc(C(c2ccccc2)c2ccccc2)no1)CC1COc2ccccc2O1. The van der Waals surface area contributed by atoms with E-state index >= 15 is 0 Å². The molecule has 0 fully saturated rings. The van der Waals surface area contributed by atoms with E-state index < -0.39 is 0 Å². The molecule has 3 aromatic carbocycles. The Labute approximate surface area is 187 Å². The lowest BCUT2D eigenvalue weighted by molar-refractivity contribution is 0.0613. The summed E-state index contributed by atoms with van der Waals surface area (Å²) < 4.78 is 17.5. The van der Waals surface area contributed by atoms with Crippen LogP contribution in [0.3, 0.4) is 0 Å². The maximum absolute atomic E-state index is 6.07. The van der Waals surface area contributed by atoms with Gasteiger partial charge in [0.15, 0.2) is 17.3 Å². The summed E-state index contributed by atoms with van der Waals surface area (Å²) >= 11 is 0. The minimum atomic E-state index is -0.0771. The molecule has 0 aliphatic carbocycles. The van der Waals surface area contributed by atoms with Crippen LogP contribution in [-0.2, 0) is 6.54 Å². The van der Waals surface area contributed by atoms with E-state index in [9.17, 15) is 0 Å². The van der Waals surface area contributed by atoms with E-state index in [-0.39, 0.29) is 12.0 Å². The van der Waals surface area contributed by atoms with Crippen LogP contribution in [0.4, 0.5) is 0 Å². The van der Waals surface area contributed by atoms with Crippen molar-refractivity contribution < 1.29 is 14.0 Å². The lowest BCUT2D eigenvalue weighted by atomic mass is 9.91. The fraction of sp³-hybridized carbons (Fsp3) is 0.231. The monoisotopic (exact) mass is 427 g/mol. The number of para-hydroxylation sites is 2. The van der Waals surface area contributed by atoms with Crippen molar-refractivity contribution in [2.75, 3.05) is 20.2 Å². The maximum Gasteiger partial charge on any atom is 0.240 e. The van der Waals surface area contributed by atoms with Crippen LogP contribution in [0.2, 0.25) is 0 Å². The Bertz CT molecular complexity index is 1110. The average molecular weight is 428 g/mol. The van der Waals surface area contributed by atoms with Gasteiger partial charge in [-0.25, -0.2) is 0 Å². The molecule has 5 rings (SSSR count). The summed E-state index contributed by atoms with van der Waals surface area (Å²) in [6.07, 6.45) is -0.0568. The van der Waals surface area contributed by atoms with Crippen LogP contribution < -0.4 is 9.47 Å². The fourth-order valence-corrected chi connectivity index (χ4v) is 4.03.